The molecule has 210 valence electrons. The van der Waals surface area contributed by atoms with Crippen LogP contribution in [0.3, 0.4) is 0 Å². The van der Waals surface area contributed by atoms with E-state index in [0.717, 1.165) is 68.2 Å². The zero-order valence-corrected chi connectivity index (χ0v) is 23.8. The Balaban J connectivity index is 1.31. The summed E-state index contributed by atoms with van der Waals surface area (Å²) in [4.78, 5) is 12.0. The number of rotatable bonds is 7. The van der Waals surface area contributed by atoms with Crippen molar-refractivity contribution >= 4 is 5.97 Å². The summed E-state index contributed by atoms with van der Waals surface area (Å²) in [6.07, 6.45) is 8.03. The lowest BCUT2D eigenvalue weighted by atomic mass is 9.52. The number of ether oxygens (including phenoxy) is 2. The topological polar surface area (TPSA) is 55.8 Å². The van der Waals surface area contributed by atoms with E-state index in [1.807, 2.05) is 18.2 Å². The quantitative estimate of drug-likeness (QED) is 0.325. The van der Waals surface area contributed by atoms with E-state index in [4.69, 9.17) is 9.47 Å². The predicted molar refractivity (Wildman–Crippen MR) is 155 cm³/mol. The van der Waals surface area contributed by atoms with Crippen molar-refractivity contribution < 1.29 is 23.8 Å². The summed E-state index contributed by atoms with van der Waals surface area (Å²) in [5.41, 5.74) is 6.01. The lowest BCUT2D eigenvalue weighted by Crippen LogP contribution is -2.50. The summed E-state index contributed by atoms with van der Waals surface area (Å²) in [7, 11) is 1.60. The Morgan fingerprint density at radius 1 is 0.950 bits per heavy atom. The van der Waals surface area contributed by atoms with Crippen molar-refractivity contribution in [3.05, 3.63) is 82.7 Å². The van der Waals surface area contributed by atoms with Crippen LogP contribution < -0.4 is 9.47 Å². The van der Waals surface area contributed by atoms with Gasteiger partial charge in [-0.1, -0.05) is 44.5 Å². The van der Waals surface area contributed by atoms with E-state index in [2.05, 4.69) is 32.0 Å². The van der Waals surface area contributed by atoms with Gasteiger partial charge in [0, 0.05) is 11.0 Å². The van der Waals surface area contributed by atoms with Gasteiger partial charge in [0.05, 0.1) is 13.0 Å². The molecule has 3 aromatic carbocycles. The van der Waals surface area contributed by atoms with Crippen molar-refractivity contribution in [2.45, 2.75) is 83.2 Å². The first-order chi connectivity index (χ1) is 19.2. The summed E-state index contributed by atoms with van der Waals surface area (Å²) < 4.78 is 26.9. The van der Waals surface area contributed by atoms with Crippen LogP contribution in [0.2, 0.25) is 0 Å². The van der Waals surface area contributed by atoms with Gasteiger partial charge < -0.3 is 14.6 Å². The molecule has 6 rings (SSSR count). The minimum atomic E-state index is -0.680. The van der Waals surface area contributed by atoms with E-state index in [9.17, 15) is 9.90 Å². The van der Waals surface area contributed by atoms with Crippen molar-refractivity contribution in [1.29, 1.82) is 0 Å². The standard InChI is InChI=1S/C35H39FO4/c1-34(2)15-5-7-29(34)27-18-22(8-12-26(27)28-19-24(39-3)11-13-32(28)36)21-40-25-10-9-23-6-4-16-35(31(23)20-25)17-14-30(35)33(37)38/h8-13,18-20,29-30H,4-7,14-17,21H2,1-3H3,(H,37,38)/t29-,30+,35+/m0/s1. The fourth-order valence-electron chi connectivity index (χ4n) is 7.82. The molecule has 0 saturated heterocycles. The minimum absolute atomic E-state index is 0.125. The molecule has 3 aliphatic rings. The van der Waals surface area contributed by atoms with Crippen LogP contribution in [-0.2, 0) is 23.2 Å². The lowest BCUT2D eigenvalue weighted by molar-refractivity contribution is -0.150. The third kappa shape index (κ3) is 4.57. The first-order valence-electron chi connectivity index (χ1n) is 14.7. The van der Waals surface area contributed by atoms with Gasteiger partial charge in [0.15, 0.2) is 0 Å². The molecule has 0 bridgehead atoms. The van der Waals surface area contributed by atoms with E-state index < -0.39 is 5.97 Å². The Hall–Kier alpha value is -3.34. The number of carbonyl (C=O) groups is 1. The van der Waals surface area contributed by atoms with Crippen molar-refractivity contribution in [3.8, 4) is 22.6 Å². The minimum Gasteiger partial charge on any atom is -0.497 e. The molecule has 0 unspecified atom stereocenters. The second kappa shape index (κ2) is 10.2. The number of carboxylic acids is 1. The third-order valence-electron chi connectivity index (χ3n) is 10.1. The molecular weight excluding hydrogens is 503 g/mol. The molecule has 3 aromatic rings. The van der Waals surface area contributed by atoms with Crippen LogP contribution in [0.5, 0.6) is 11.5 Å². The molecule has 3 atom stereocenters. The van der Waals surface area contributed by atoms with Gasteiger partial charge in [-0.2, -0.15) is 0 Å². The number of benzene rings is 3. The molecule has 3 aliphatic carbocycles. The maximum absolute atomic E-state index is 15.1. The van der Waals surface area contributed by atoms with Crippen molar-refractivity contribution in [2.75, 3.05) is 7.11 Å². The lowest BCUT2D eigenvalue weighted by Gasteiger charge is -2.51. The third-order valence-corrected chi connectivity index (χ3v) is 10.1. The molecule has 0 aromatic heterocycles. The number of methoxy groups -OCH3 is 1. The summed E-state index contributed by atoms with van der Waals surface area (Å²) in [6.45, 7) is 5.02. The molecule has 0 radical (unpaired) electrons. The molecule has 0 aliphatic heterocycles. The normalized spacial score (nSPS) is 24.8. The maximum Gasteiger partial charge on any atom is 0.307 e. The highest BCUT2D eigenvalue weighted by Gasteiger charge is 2.53. The fraction of sp³-hybridized carbons (Fsp3) is 0.457. The van der Waals surface area contributed by atoms with Gasteiger partial charge in [-0.25, -0.2) is 4.39 Å². The second-order valence-electron chi connectivity index (χ2n) is 12.7. The van der Waals surface area contributed by atoms with Crippen LogP contribution in [0.1, 0.15) is 87.0 Å². The fourth-order valence-corrected chi connectivity index (χ4v) is 7.82. The number of aliphatic carboxylic acids is 1. The average Bonchev–Trinajstić information content (AvgIpc) is 3.29. The van der Waals surface area contributed by atoms with Crippen LogP contribution in [0.25, 0.3) is 11.1 Å². The van der Waals surface area contributed by atoms with Crippen molar-refractivity contribution in [2.24, 2.45) is 11.3 Å². The van der Waals surface area contributed by atoms with Crippen LogP contribution in [0.15, 0.2) is 54.6 Å². The second-order valence-corrected chi connectivity index (χ2v) is 12.7. The summed E-state index contributed by atoms with van der Waals surface area (Å²) in [5.74, 6) is 0.511. The first-order valence-corrected chi connectivity index (χ1v) is 14.7. The van der Waals surface area contributed by atoms with Crippen LogP contribution in [0, 0.1) is 17.2 Å². The summed E-state index contributed by atoms with van der Waals surface area (Å²) >= 11 is 0. The highest BCUT2D eigenvalue weighted by atomic mass is 19.1. The number of fused-ring (bicyclic) bond motifs is 2. The van der Waals surface area contributed by atoms with Gasteiger partial charge in [0.25, 0.3) is 0 Å². The molecule has 5 heteroatoms. The predicted octanol–water partition coefficient (Wildman–Crippen LogP) is 8.44. The molecular formula is C35H39FO4. The zero-order chi connectivity index (χ0) is 28.1. The number of carboxylic acid groups (broad SMARTS) is 1. The van der Waals surface area contributed by atoms with Gasteiger partial charge in [0.2, 0.25) is 0 Å². The van der Waals surface area contributed by atoms with Gasteiger partial charge in [0.1, 0.15) is 23.9 Å². The number of hydrogen-bond acceptors (Lipinski definition) is 3. The van der Waals surface area contributed by atoms with Gasteiger partial charge in [-0.3, -0.25) is 4.79 Å². The largest absolute Gasteiger partial charge is 0.497 e. The van der Waals surface area contributed by atoms with E-state index >= 15 is 4.39 Å². The van der Waals surface area contributed by atoms with E-state index in [-0.39, 0.29) is 22.6 Å². The van der Waals surface area contributed by atoms with Crippen molar-refractivity contribution in [1.82, 2.24) is 0 Å². The molecule has 1 N–H and O–H groups in total. The average molecular weight is 543 g/mol. The smallest absolute Gasteiger partial charge is 0.307 e. The Kier molecular flexibility index (Phi) is 6.88. The van der Waals surface area contributed by atoms with Gasteiger partial charge in [-0.15, -0.1) is 0 Å². The van der Waals surface area contributed by atoms with Crippen LogP contribution in [0.4, 0.5) is 4.39 Å². The monoisotopic (exact) mass is 542 g/mol. The van der Waals surface area contributed by atoms with Crippen molar-refractivity contribution in [3.63, 3.8) is 0 Å². The van der Waals surface area contributed by atoms with E-state index in [1.165, 1.54) is 22.8 Å². The van der Waals surface area contributed by atoms with Gasteiger partial charge in [-0.05, 0) is 114 Å². The Labute approximate surface area is 236 Å². The molecule has 0 amide bonds. The SMILES string of the molecule is COc1ccc(F)c(-c2ccc(COc3ccc4c(c3)[C@]3(CCC4)CC[C@@H]3C(=O)O)cc2[C@@H]2CCCC2(C)C)c1. The number of hydrogen-bond donors (Lipinski definition) is 1. The Morgan fingerprint density at radius 2 is 1.77 bits per heavy atom. The summed E-state index contributed by atoms with van der Waals surface area (Å²) in [5, 5.41) is 9.84. The van der Waals surface area contributed by atoms with Gasteiger partial charge >= 0.3 is 5.97 Å². The number of halogens is 1. The molecule has 1 spiro atoms. The highest BCUT2D eigenvalue weighted by Crippen LogP contribution is 2.56. The number of aryl methyl sites for hydroxylation is 1. The molecule has 4 nitrogen and oxygen atoms in total. The molecule has 0 heterocycles. The Bertz CT molecular complexity index is 1440. The van der Waals surface area contributed by atoms with Crippen LogP contribution >= 0.6 is 0 Å². The molecule has 2 saturated carbocycles. The highest BCUT2D eigenvalue weighted by molar-refractivity contribution is 5.75. The van der Waals surface area contributed by atoms with Crippen LogP contribution in [-0.4, -0.2) is 18.2 Å². The first kappa shape index (κ1) is 26.9. The maximum atomic E-state index is 15.1. The molecule has 2 fully saturated rings. The van der Waals surface area contributed by atoms with E-state index in [0.29, 0.717) is 23.8 Å². The molecule has 40 heavy (non-hydrogen) atoms. The Morgan fingerprint density at radius 3 is 2.48 bits per heavy atom. The van der Waals surface area contributed by atoms with E-state index in [1.54, 1.807) is 19.2 Å². The summed E-state index contributed by atoms with van der Waals surface area (Å²) in [6, 6.07) is 17.5. The zero-order valence-electron chi connectivity index (χ0n) is 23.8.